The van der Waals surface area contributed by atoms with E-state index in [0.717, 1.165) is 25.9 Å². The fourth-order valence-electron chi connectivity index (χ4n) is 0.597. The summed E-state index contributed by atoms with van der Waals surface area (Å²) in [5.74, 6) is 2.53. The van der Waals surface area contributed by atoms with Crippen molar-refractivity contribution in [1.29, 1.82) is 0 Å². The van der Waals surface area contributed by atoms with Gasteiger partial charge in [0.05, 0.1) is 6.10 Å². The second kappa shape index (κ2) is 6.60. The zero-order valence-electron chi connectivity index (χ0n) is 6.43. The molecule has 0 bridgehead atoms. The number of aliphatic hydroxyl groups excluding tert-OH is 1. The molecule has 1 unspecified atom stereocenters. The van der Waals surface area contributed by atoms with E-state index in [-0.39, 0.29) is 6.10 Å². The van der Waals surface area contributed by atoms with Gasteiger partial charge < -0.3 is 10.4 Å². The van der Waals surface area contributed by atoms with Crippen LogP contribution in [0.15, 0.2) is 0 Å². The van der Waals surface area contributed by atoms with Crippen LogP contribution in [-0.4, -0.2) is 24.3 Å². The highest BCUT2D eigenvalue weighted by Crippen LogP contribution is 1.85. The number of nitrogens with one attached hydrogen (secondary N) is 1. The predicted molar refractivity (Wildman–Crippen MR) is 42.6 cm³/mol. The third-order valence-corrected chi connectivity index (χ3v) is 1.19. The highest BCUT2D eigenvalue weighted by atomic mass is 16.3. The molecule has 0 amide bonds. The summed E-state index contributed by atoms with van der Waals surface area (Å²) in [5.41, 5.74) is 0. The number of hydrogen-bond acceptors (Lipinski definition) is 2. The minimum Gasteiger partial charge on any atom is -0.393 e. The summed E-state index contributed by atoms with van der Waals surface area (Å²) in [5, 5.41) is 11.9. The van der Waals surface area contributed by atoms with Crippen LogP contribution in [0.4, 0.5) is 0 Å². The average molecular weight is 141 g/mol. The number of aliphatic hydroxyl groups is 1. The lowest BCUT2D eigenvalue weighted by molar-refractivity contribution is 0.184. The van der Waals surface area contributed by atoms with Gasteiger partial charge in [0, 0.05) is 13.0 Å². The van der Waals surface area contributed by atoms with Crippen molar-refractivity contribution in [2.24, 2.45) is 0 Å². The van der Waals surface area contributed by atoms with Crippen LogP contribution in [0.25, 0.3) is 0 Å². The Morgan fingerprint density at radius 1 is 1.60 bits per heavy atom. The molecule has 2 heteroatoms. The highest BCUT2D eigenvalue weighted by molar-refractivity contribution is 4.83. The van der Waals surface area contributed by atoms with Crippen molar-refractivity contribution in [1.82, 2.24) is 5.32 Å². The van der Waals surface area contributed by atoms with Crippen LogP contribution >= 0.6 is 0 Å². The Morgan fingerprint density at radius 3 is 2.80 bits per heavy atom. The smallest absolute Gasteiger partial charge is 0.0524 e. The lowest BCUT2D eigenvalue weighted by Crippen LogP contribution is -2.19. The molecule has 0 aliphatic carbocycles. The lowest BCUT2D eigenvalue weighted by atomic mass is 10.3. The van der Waals surface area contributed by atoms with Crippen molar-refractivity contribution in [2.75, 3.05) is 13.1 Å². The van der Waals surface area contributed by atoms with E-state index in [0.29, 0.717) is 0 Å². The molecule has 0 radical (unpaired) electrons. The second-order valence-electron chi connectivity index (χ2n) is 2.34. The van der Waals surface area contributed by atoms with E-state index in [1.165, 1.54) is 0 Å². The van der Waals surface area contributed by atoms with Gasteiger partial charge in [-0.2, -0.15) is 0 Å². The summed E-state index contributed by atoms with van der Waals surface area (Å²) in [6.45, 7) is 3.48. The van der Waals surface area contributed by atoms with Crippen LogP contribution < -0.4 is 5.32 Å². The normalized spacial score (nSPS) is 12.5. The summed E-state index contributed by atoms with van der Waals surface area (Å²) in [6, 6.07) is 0. The van der Waals surface area contributed by atoms with E-state index in [4.69, 9.17) is 11.5 Å². The Bertz CT molecular complexity index is 104. The van der Waals surface area contributed by atoms with Crippen molar-refractivity contribution >= 4 is 0 Å². The Balaban J connectivity index is 2.86. The fourth-order valence-corrected chi connectivity index (χ4v) is 0.597. The lowest BCUT2D eigenvalue weighted by Gasteiger charge is -2.03. The second-order valence-corrected chi connectivity index (χ2v) is 2.34. The minimum absolute atomic E-state index is 0.210. The molecule has 0 saturated heterocycles. The molecule has 0 aliphatic rings. The van der Waals surface area contributed by atoms with Crippen molar-refractivity contribution in [3.63, 3.8) is 0 Å². The molecule has 58 valence electrons. The van der Waals surface area contributed by atoms with Gasteiger partial charge in [-0.1, -0.05) is 0 Å². The zero-order valence-corrected chi connectivity index (χ0v) is 6.43. The molecule has 0 aromatic carbocycles. The summed E-state index contributed by atoms with van der Waals surface area (Å²) in [6.07, 6.45) is 6.38. The quantitative estimate of drug-likeness (QED) is 0.428. The Morgan fingerprint density at radius 2 is 2.30 bits per heavy atom. The van der Waals surface area contributed by atoms with Crippen molar-refractivity contribution in [2.45, 2.75) is 25.9 Å². The van der Waals surface area contributed by atoms with Gasteiger partial charge in [0.1, 0.15) is 0 Å². The van der Waals surface area contributed by atoms with Gasteiger partial charge in [-0.05, 0) is 19.9 Å². The van der Waals surface area contributed by atoms with Crippen LogP contribution in [0.3, 0.4) is 0 Å². The Labute approximate surface area is 62.6 Å². The summed E-state index contributed by atoms with van der Waals surface area (Å²) >= 11 is 0. The maximum absolute atomic E-state index is 8.83. The van der Waals surface area contributed by atoms with Gasteiger partial charge in [-0.25, -0.2) is 0 Å². The van der Waals surface area contributed by atoms with E-state index >= 15 is 0 Å². The van der Waals surface area contributed by atoms with E-state index in [1.807, 2.05) is 0 Å². The topological polar surface area (TPSA) is 32.3 Å². The molecule has 10 heavy (non-hydrogen) atoms. The van der Waals surface area contributed by atoms with Gasteiger partial charge in [0.25, 0.3) is 0 Å². The van der Waals surface area contributed by atoms with Gasteiger partial charge in [0.2, 0.25) is 0 Å². The van der Waals surface area contributed by atoms with Crippen molar-refractivity contribution in [3.8, 4) is 12.3 Å². The first-order valence-electron chi connectivity index (χ1n) is 3.59. The standard InChI is InChI=1S/C8H15NO/c1-3-4-6-9-7-5-8(2)10/h1,8-10H,4-7H2,2H3. The van der Waals surface area contributed by atoms with Crippen LogP contribution in [0.2, 0.25) is 0 Å². The number of terminal acetylenes is 1. The van der Waals surface area contributed by atoms with Crippen LogP contribution in [0.1, 0.15) is 19.8 Å². The molecule has 1 atom stereocenters. The molecule has 2 nitrogen and oxygen atoms in total. The van der Waals surface area contributed by atoms with Gasteiger partial charge in [-0.3, -0.25) is 0 Å². The molecular formula is C8H15NO. The first-order chi connectivity index (χ1) is 4.77. The van der Waals surface area contributed by atoms with Crippen molar-refractivity contribution in [3.05, 3.63) is 0 Å². The van der Waals surface area contributed by atoms with Crippen LogP contribution in [-0.2, 0) is 0 Å². The minimum atomic E-state index is -0.210. The van der Waals surface area contributed by atoms with E-state index in [1.54, 1.807) is 6.92 Å². The molecule has 0 saturated carbocycles. The average Bonchev–Trinajstić information content (AvgIpc) is 1.87. The SMILES string of the molecule is C#CCCNCCC(C)O. The monoisotopic (exact) mass is 141 g/mol. The molecule has 0 aliphatic heterocycles. The van der Waals surface area contributed by atoms with E-state index in [9.17, 15) is 0 Å². The van der Waals surface area contributed by atoms with E-state index < -0.39 is 0 Å². The number of hydrogen-bond donors (Lipinski definition) is 2. The first-order valence-corrected chi connectivity index (χ1v) is 3.59. The predicted octanol–water partition coefficient (Wildman–Crippen LogP) is 0.370. The molecule has 0 spiro atoms. The van der Waals surface area contributed by atoms with Crippen LogP contribution in [0, 0.1) is 12.3 Å². The zero-order chi connectivity index (χ0) is 7.82. The largest absolute Gasteiger partial charge is 0.393 e. The molecule has 0 aromatic heterocycles. The van der Waals surface area contributed by atoms with Gasteiger partial charge >= 0.3 is 0 Å². The number of rotatable bonds is 5. The molecule has 0 fully saturated rings. The van der Waals surface area contributed by atoms with Gasteiger partial charge in [0.15, 0.2) is 0 Å². The summed E-state index contributed by atoms with van der Waals surface area (Å²) < 4.78 is 0. The van der Waals surface area contributed by atoms with Crippen LogP contribution in [0.5, 0.6) is 0 Å². The maximum Gasteiger partial charge on any atom is 0.0524 e. The Kier molecular flexibility index (Phi) is 6.25. The maximum atomic E-state index is 8.83. The van der Waals surface area contributed by atoms with Gasteiger partial charge in [-0.15, -0.1) is 12.3 Å². The molecular weight excluding hydrogens is 126 g/mol. The fraction of sp³-hybridized carbons (Fsp3) is 0.750. The molecule has 0 heterocycles. The Hall–Kier alpha value is -0.520. The molecule has 0 aromatic rings. The van der Waals surface area contributed by atoms with Crippen molar-refractivity contribution < 1.29 is 5.11 Å². The summed E-state index contributed by atoms with van der Waals surface area (Å²) in [4.78, 5) is 0. The molecule has 0 rings (SSSR count). The highest BCUT2D eigenvalue weighted by Gasteiger charge is 1.92. The molecule has 2 N–H and O–H groups in total. The van der Waals surface area contributed by atoms with E-state index in [2.05, 4.69) is 11.2 Å². The first kappa shape index (κ1) is 9.48. The summed E-state index contributed by atoms with van der Waals surface area (Å²) in [7, 11) is 0. The third-order valence-electron chi connectivity index (χ3n) is 1.19. The third kappa shape index (κ3) is 7.48.